The summed E-state index contributed by atoms with van der Waals surface area (Å²) >= 11 is 0.979. The average Bonchev–Trinajstić information content (AvgIpc) is 2.63. The molecule has 1 heterocycles. The lowest BCUT2D eigenvalue weighted by atomic mass is 10.1. The zero-order chi connectivity index (χ0) is 21.7. The van der Waals surface area contributed by atoms with Crippen molar-refractivity contribution in [2.75, 3.05) is 6.54 Å². The highest BCUT2D eigenvalue weighted by Gasteiger charge is 2.33. The number of alkyl carbamates (subject to hydrolysis) is 1. The van der Waals surface area contributed by atoms with Crippen molar-refractivity contribution in [2.45, 2.75) is 42.8 Å². The SMILES string of the molecule is CC(C)(C)OC(=O)NC[C@@H](Sc1nc(C(F)(F)F)ccc1C#N)c1ccccc1. The van der Waals surface area contributed by atoms with Gasteiger partial charge in [0.1, 0.15) is 22.4 Å². The van der Waals surface area contributed by atoms with Crippen LogP contribution in [0.5, 0.6) is 0 Å². The molecule has 0 unspecified atom stereocenters. The van der Waals surface area contributed by atoms with Gasteiger partial charge in [-0.25, -0.2) is 9.78 Å². The van der Waals surface area contributed by atoms with Crippen molar-refractivity contribution in [1.82, 2.24) is 10.3 Å². The van der Waals surface area contributed by atoms with Crippen LogP contribution in [0.4, 0.5) is 18.0 Å². The Morgan fingerprint density at radius 2 is 1.86 bits per heavy atom. The number of nitriles is 1. The molecule has 1 aromatic heterocycles. The Labute approximate surface area is 171 Å². The first-order chi connectivity index (χ1) is 13.5. The van der Waals surface area contributed by atoms with Crippen molar-refractivity contribution in [1.29, 1.82) is 5.26 Å². The van der Waals surface area contributed by atoms with Gasteiger partial charge in [-0.1, -0.05) is 42.1 Å². The van der Waals surface area contributed by atoms with Crippen LogP contribution in [0.25, 0.3) is 0 Å². The molecule has 0 saturated heterocycles. The predicted molar refractivity (Wildman–Crippen MR) is 103 cm³/mol. The number of hydrogen-bond acceptors (Lipinski definition) is 5. The number of nitrogens with one attached hydrogen (secondary N) is 1. The Hall–Kier alpha value is -2.73. The van der Waals surface area contributed by atoms with E-state index in [2.05, 4.69) is 10.3 Å². The third-order valence-corrected chi connectivity index (χ3v) is 4.78. The summed E-state index contributed by atoms with van der Waals surface area (Å²) in [5.41, 5.74) is -0.973. The smallest absolute Gasteiger partial charge is 0.433 e. The first kappa shape index (κ1) is 22.6. The molecule has 0 aliphatic carbocycles. The van der Waals surface area contributed by atoms with Gasteiger partial charge >= 0.3 is 12.3 Å². The number of nitrogens with zero attached hydrogens (tertiary/aromatic N) is 2. The fourth-order valence-corrected chi connectivity index (χ4v) is 3.41. The van der Waals surface area contributed by atoms with Crippen molar-refractivity contribution in [2.24, 2.45) is 0 Å². The standard InChI is InChI=1S/C20H20F3N3O2S/c1-19(2,3)28-18(27)25-12-15(13-7-5-4-6-8-13)29-17-14(11-24)9-10-16(26-17)20(21,22)23/h4-10,15H,12H2,1-3H3,(H,25,27)/t15-/m1/s1. The molecule has 1 N–H and O–H groups in total. The van der Waals surface area contributed by atoms with Crippen LogP contribution < -0.4 is 5.32 Å². The van der Waals surface area contributed by atoms with Crippen LogP contribution in [0.3, 0.4) is 0 Å². The topological polar surface area (TPSA) is 75.0 Å². The number of alkyl halides is 3. The molecule has 0 radical (unpaired) electrons. The van der Waals surface area contributed by atoms with Gasteiger partial charge in [-0.05, 0) is 38.5 Å². The molecule has 154 valence electrons. The molecule has 5 nitrogen and oxygen atoms in total. The lowest BCUT2D eigenvalue weighted by Gasteiger charge is -2.22. The predicted octanol–water partition coefficient (Wildman–Crippen LogP) is 5.33. The van der Waals surface area contributed by atoms with Crippen LogP contribution in [-0.2, 0) is 10.9 Å². The molecule has 1 aromatic carbocycles. The monoisotopic (exact) mass is 423 g/mol. The second-order valence-corrected chi connectivity index (χ2v) is 8.25. The number of rotatable bonds is 5. The number of aromatic nitrogens is 1. The first-order valence-electron chi connectivity index (χ1n) is 8.66. The number of hydrogen-bond donors (Lipinski definition) is 1. The summed E-state index contributed by atoms with van der Waals surface area (Å²) in [6, 6.07) is 12.7. The summed E-state index contributed by atoms with van der Waals surface area (Å²) in [6.07, 6.45) is -5.27. The van der Waals surface area contributed by atoms with E-state index >= 15 is 0 Å². The number of halogens is 3. The highest BCUT2D eigenvalue weighted by molar-refractivity contribution is 7.99. The number of amides is 1. The van der Waals surface area contributed by atoms with Crippen molar-refractivity contribution in [3.63, 3.8) is 0 Å². The average molecular weight is 423 g/mol. The Bertz CT molecular complexity index is 891. The fourth-order valence-electron chi connectivity index (χ4n) is 2.29. The van der Waals surface area contributed by atoms with E-state index in [-0.39, 0.29) is 17.1 Å². The lowest BCUT2D eigenvalue weighted by Crippen LogP contribution is -2.34. The van der Waals surface area contributed by atoms with Gasteiger partial charge in [-0.3, -0.25) is 0 Å². The van der Waals surface area contributed by atoms with Gasteiger partial charge in [0, 0.05) is 6.54 Å². The number of thioether (sulfide) groups is 1. The van der Waals surface area contributed by atoms with Crippen molar-refractivity contribution in [3.8, 4) is 6.07 Å². The molecular formula is C20H20F3N3O2S. The highest BCUT2D eigenvalue weighted by Crippen LogP contribution is 2.37. The summed E-state index contributed by atoms with van der Waals surface area (Å²) in [6.45, 7) is 5.25. The molecule has 29 heavy (non-hydrogen) atoms. The van der Waals surface area contributed by atoms with E-state index in [4.69, 9.17) is 4.74 Å². The Balaban J connectivity index is 2.29. The summed E-state index contributed by atoms with van der Waals surface area (Å²) in [5.74, 6) is 0. The quantitative estimate of drug-likeness (QED) is 0.658. The molecule has 0 bridgehead atoms. The van der Waals surface area contributed by atoms with E-state index < -0.39 is 28.8 Å². The fraction of sp³-hybridized carbons (Fsp3) is 0.350. The maximum Gasteiger partial charge on any atom is 0.433 e. The number of carbonyl (C=O) groups is 1. The van der Waals surface area contributed by atoms with E-state index in [1.165, 1.54) is 0 Å². The van der Waals surface area contributed by atoms with E-state index in [9.17, 15) is 23.2 Å². The maximum absolute atomic E-state index is 13.0. The first-order valence-corrected chi connectivity index (χ1v) is 9.54. The van der Waals surface area contributed by atoms with Crippen LogP contribution >= 0.6 is 11.8 Å². The van der Waals surface area contributed by atoms with E-state index in [0.717, 1.165) is 29.5 Å². The molecule has 2 rings (SSSR count). The maximum atomic E-state index is 13.0. The summed E-state index contributed by atoms with van der Waals surface area (Å²) in [7, 11) is 0. The van der Waals surface area contributed by atoms with Crippen molar-refractivity contribution >= 4 is 17.9 Å². The second-order valence-electron chi connectivity index (χ2n) is 7.06. The molecule has 1 atom stereocenters. The number of ether oxygens (including phenoxy) is 1. The van der Waals surface area contributed by atoms with Crippen molar-refractivity contribution < 1.29 is 22.7 Å². The van der Waals surface area contributed by atoms with Gasteiger partial charge in [0.2, 0.25) is 0 Å². The van der Waals surface area contributed by atoms with Crippen LogP contribution in [0.1, 0.15) is 42.8 Å². The number of carbonyl (C=O) groups excluding carboxylic acids is 1. The van der Waals surface area contributed by atoms with Crippen LogP contribution in [-0.4, -0.2) is 23.2 Å². The summed E-state index contributed by atoms with van der Waals surface area (Å²) in [4.78, 5) is 15.6. The highest BCUT2D eigenvalue weighted by atomic mass is 32.2. The van der Waals surface area contributed by atoms with E-state index in [1.807, 2.05) is 6.07 Å². The molecule has 1 amide bonds. The van der Waals surface area contributed by atoms with Crippen LogP contribution in [0, 0.1) is 11.3 Å². The summed E-state index contributed by atoms with van der Waals surface area (Å²) in [5, 5.41) is 11.4. The molecule has 2 aromatic rings. The van der Waals surface area contributed by atoms with E-state index in [1.54, 1.807) is 51.1 Å². The third-order valence-electron chi connectivity index (χ3n) is 3.53. The molecule has 9 heteroatoms. The largest absolute Gasteiger partial charge is 0.444 e. The zero-order valence-electron chi connectivity index (χ0n) is 16.1. The minimum atomic E-state index is -4.62. The summed E-state index contributed by atoms with van der Waals surface area (Å²) < 4.78 is 44.3. The van der Waals surface area contributed by atoms with Gasteiger partial charge in [0.05, 0.1) is 10.8 Å². The molecule has 0 aliphatic heterocycles. The molecule has 0 aliphatic rings. The molecule has 0 fully saturated rings. The Morgan fingerprint density at radius 1 is 1.21 bits per heavy atom. The van der Waals surface area contributed by atoms with Gasteiger partial charge in [0.25, 0.3) is 0 Å². The Morgan fingerprint density at radius 3 is 2.41 bits per heavy atom. The van der Waals surface area contributed by atoms with Gasteiger partial charge < -0.3 is 10.1 Å². The normalized spacial score (nSPS) is 12.7. The second kappa shape index (κ2) is 9.18. The van der Waals surface area contributed by atoms with Crippen LogP contribution in [0.2, 0.25) is 0 Å². The Kier molecular flexibility index (Phi) is 7.14. The lowest BCUT2D eigenvalue weighted by molar-refractivity contribution is -0.141. The zero-order valence-corrected chi connectivity index (χ0v) is 16.9. The molecule has 0 spiro atoms. The van der Waals surface area contributed by atoms with E-state index in [0.29, 0.717) is 0 Å². The molecular weight excluding hydrogens is 403 g/mol. The number of pyridine rings is 1. The van der Waals surface area contributed by atoms with Gasteiger partial charge in [-0.2, -0.15) is 18.4 Å². The minimum absolute atomic E-state index is 0.0289. The molecule has 0 saturated carbocycles. The van der Waals surface area contributed by atoms with Crippen molar-refractivity contribution in [3.05, 3.63) is 59.3 Å². The third kappa shape index (κ3) is 6.98. The number of benzene rings is 1. The van der Waals surface area contributed by atoms with Gasteiger partial charge in [0.15, 0.2) is 0 Å². The minimum Gasteiger partial charge on any atom is -0.444 e. The van der Waals surface area contributed by atoms with Crippen LogP contribution in [0.15, 0.2) is 47.5 Å². The van der Waals surface area contributed by atoms with Gasteiger partial charge in [-0.15, -0.1) is 0 Å².